The van der Waals surface area contributed by atoms with Crippen LogP contribution in [0.15, 0.2) is 24.3 Å². The Hall–Kier alpha value is -1.97. The normalized spacial score (nSPS) is 14.6. The molecule has 3 rings (SSSR count). The highest BCUT2D eigenvalue weighted by Gasteiger charge is 2.24. The molecule has 1 aliphatic rings. The van der Waals surface area contributed by atoms with Gasteiger partial charge in [0, 0.05) is 29.4 Å². The smallest absolute Gasteiger partial charge is 0.164 e. The predicted molar refractivity (Wildman–Crippen MR) is 67.7 cm³/mol. The summed E-state index contributed by atoms with van der Waals surface area (Å²) < 4.78 is 28.9. The van der Waals surface area contributed by atoms with E-state index in [0.717, 1.165) is 29.9 Å². The fraction of sp³-hybridized carbons (Fsp3) is 0.267. The van der Waals surface area contributed by atoms with Crippen LogP contribution in [0.3, 0.4) is 0 Å². The van der Waals surface area contributed by atoms with E-state index in [1.54, 1.807) is 17.6 Å². The quantitative estimate of drug-likeness (QED) is 0.769. The maximum Gasteiger partial charge on any atom is 0.164 e. The van der Waals surface area contributed by atoms with Crippen LogP contribution < -0.4 is 0 Å². The van der Waals surface area contributed by atoms with E-state index in [4.69, 9.17) is 0 Å². The van der Waals surface area contributed by atoms with E-state index < -0.39 is 11.6 Å². The van der Waals surface area contributed by atoms with Gasteiger partial charge < -0.3 is 4.57 Å². The molecule has 0 saturated heterocycles. The van der Waals surface area contributed by atoms with Gasteiger partial charge in [-0.25, -0.2) is 8.78 Å². The van der Waals surface area contributed by atoms with Gasteiger partial charge in [-0.2, -0.15) is 0 Å². The molecule has 0 unspecified atom stereocenters. The number of hydrogen-bond donors (Lipinski definition) is 0. The number of hydrogen-bond acceptors (Lipinski definition) is 1. The molecular weight excluding hydrogens is 248 g/mol. The summed E-state index contributed by atoms with van der Waals surface area (Å²) >= 11 is 0. The van der Waals surface area contributed by atoms with Gasteiger partial charge in [0.05, 0.1) is 5.69 Å². The number of aromatic nitrogens is 1. The van der Waals surface area contributed by atoms with E-state index in [-0.39, 0.29) is 11.5 Å². The molecule has 1 aromatic carbocycles. The summed E-state index contributed by atoms with van der Waals surface area (Å²) in [5, 5.41) is 0. The first-order valence-electron chi connectivity index (χ1n) is 6.28. The highest BCUT2D eigenvalue weighted by Crippen LogP contribution is 2.29. The molecule has 2 nitrogen and oxygen atoms in total. The zero-order valence-electron chi connectivity index (χ0n) is 10.5. The van der Waals surface area contributed by atoms with Crippen LogP contribution in [-0.2, 0) is 6.42 Å². The maximum absolute atomic E-state index is 13.9. The Balaban J connectivity index is 2.26. The fourth-order valence-corrected chi connectivity index (χ4v) is 2.72. The molecule has 1 heterocycles. The molecule has 0 fully saturated rings. The van der Waals surface area contributed by atoms with Gasteiger partial charge in [-0.15, -0.1) is 0 Å². The molecule has 0 bridgehead atoms. The average molecular weight is 261 g/mol. The van der Waals surface area contributed by atoms with Crippen LogP contribution in [0.4, 0.5) is 8.78 Å². The highest BCUT2D eigenvalue weighted by molar-refractivity contribution is 5.98. The summed E-state index contributed by atoms with van der Waals surface area (Å²) in [7, 11) is 0. The number of rotatable bonds is 1. The standard InChI is InChI=1S/C15H13F2NO/c1-9-7-11-13(3-2-4-15(11)19)18(9)14-8-10(16)5-6-12(14)17/h5-8H,2-4H2,1H3. The third-order valence-electron chi connectivity index (χ3n) is 3.55. The molecule has 19 heavy (non-hydrogen) atoms. The Kier molecular flexibility index (Phi) is 2.73. The Morgan fingerprint density at radius 2 is 1.95 bits per heavy atom. The van der Waals surface area contributed by atoms with Crippen molar-refractivity contribution in [2.24, 2.45) is 0 Å². The second-order valence-electron chi connectivity index (χ2n) is 4.85. The molecule has 0 spiro atoms. The average Bonchev–Trinajstić information content (AvgIpc) is 2.70. The van der Waals surface area contributed by atoms with Crippen molar-refractivity contribution in [3.63, 3.8) is 0 Å². The topological polar surface area (TPSA) is 22.0 Å². The molecule has 2 aromatic rings. The lowest BCUT2D eigenvalue weighted by Gasteiger charge is -2.16. The van der Waals surface area contributed by atoms with Crippen LogP contribution in [0, 0.1) is 18.6 Å². The van der Waals surface area contributed by atoms with Gasteiger partial charge in [0.25, 0.3) is 0 Å². The molecule has 1 aliphatic carbocycles. The molecule has 0 aliphatic heterocycles. The first kappa shape index (κ1) is 12.1. The minimum atomic E-state index is -0.486. The van der Waals surface area contributed by atoms with Crippen molar-refractivity contribution < 1.29 is 13.6 Å². The monoisotopic (exact) mass is 261 g/mol. The van der Waals surface area contributed by atoms with Crippen LogP contribution in [0.25, 0.3) is 5.69 Å². The van der Waals surface area contributed by atoms with Crippen molar-refractivity contribution in [1.82, 2.24) is 4.57 Å². The summed E-state index contributed by atoms with van der Waals surface area (Å²) in [4.78, 5) is 11.9. The lowest BCUT2D eigenvalue weighted by atomic mass is 9.96. The Morgan fingerprint density at radius 3 is 2.74 bits per heavy atom. The SMILES string of the molecule is Cc1cc2c(n1-c1cc(F)ccc1F)CCCC2=O. The molecular formula is C15H13F2NO. The Bertz CT molecular complexity index is 673. The summed E-state index contributed by atoms with van der Waals surface area (Å²) in [5.41, 5.74) is 2.36. The molecule has 98 valence electrons. The second kappa shape index (κ2) is 4.30. The number of benzene rings is 1. The van der Waals surface area contributed by atoms with Gasteiger partial charge in [-0.3, -0.25) is 4.79 Å². The van der Waals surface area contributed by atoms with Crippen LogP contribution in [0.5, 0.6) is 0 Å². The highest BCUT2D eigenvalue weighted by atomic mass is 19.1. The number of carbonyl (C=O) groups excluding carboxylic acids is 1. The number of aryl methyl sites for hydroxylation is 1. The molecule has 0 saturated carbocycles. The Labute approximate surface area is 109 Å². The Morgan fingerprint density at radius 1 is 1.16 bits per heavy atom. The molecule has 4 heteroatoms. The van der Waals surface area contributed by atoms with Crippen molar-refractivity contribution in [3.05, 3.63) is 52.9 Å². The maximum atomic E-state index is 13.9. The van der Waals surface area contributed by atoms with Crippen molar-refractivity contribution in [1.29, 1.82) is 0 Å². The van der Waals surface area contributed by atoms with Gasteiger partial charge in [0.1, 0.15) is 11.6 Å². The van der Waals surface area contributed by atoms with Crippen molar-refractivity contribution in [2.45, 2.75) is 26.2 Å². The zero-order chi connectivity index (χ0) is 13.6. The van der Waals surface area contributed by atoms with E-state index in [1.807, 2.05) is 0 Å². The lowest BCUT2D eigenvalue weighted by molar-refractivity contribution is 0.0972. The molecule has 0 radical (unpaired) electrons. The van der Waals surface area contributed by atoms with Crippen molar-refractivity contribution >= 4 is 5.78 Å². The zero-order valence-corrected chi connectivity index (χ0v) is 10.5. The van der Waals surface area contributed by atoms with Gasteiger partial charge in [0.15, 0.2) is 5.78 Å². The van der Waals surface area contributed by atoms with Gasteiger partial charge >= 0.3 is 0 Å². The van der Waals surface area contributed by atoms with Crippen LogP contribution in [0.1, 0.15) is 34.6 Å². The number of fused-ring (bicyclic) bond motifs is 1. The van der Waals surface area contributed by atoms with E-state index in [1.165, 1.54) is 6.07 Å². The van der Waals surface area contributed by atoms with Crippen molar-refractivity contribution in [3.8, 4) is 5.69 Å². The number of carbonyl (C=O) groups is 1. The second-order valence-corrected chi connectivity index (χ2v) is 4.85. The summed E-state index contributed by atoms with van der Waals surface area (Å²) in [6.07, 6.45) is 2.00. The first-order chi connectivity index (χ1) is 9.08. The van der Waals surface area contributed by atoms with E-state index in [2.05, 4.69) is 0 Å². The summed E-state index contributed by atoms with van der Waals surface area (Å²) in [6, 6.07) is 5.14. The van der Waals surface area contributed by atoms with Crippen LogP contribution >= 0.6 is 0 Å². The molecule has 0 atom stereocenters. The largest absolute Gasteiger partial charge is 0.315 e. The van der Waals surface area contributed by atoms with E-state index >= 15 is 0 Å². The van der Waals surface area contributed by atoms with Gasteiger partial charge in [-0.1, -0.05) is 0 Å². The summed E-state index contributed by atoms with van der Waals surface area (Å²) in [6.45, 7) is 1.80. The fourth-order valence-electron chi connectivity index (χ4n) is 2.72. The van der Waals surface area contributed by atoms with Crippen LogP contribution in [-0.4, -0.2) is 10.4 Å². The minimum absolute atomic E-state index is 0.0833. The van der Waals surface area contributed by atoms with Crippen LogP contribution in [0.2, 0.25) is 0 Å². The molecule has 0 amide bonds. The predicted octanol–water partition coefficient (Wildman–Crippen LogP) is 3.58. The third kappa shape index (κ3) is 1.87. The number of Topliss-reactive ketones (excluding diaryl/α,β-unsaturated/α-hetero) is 1. The number of ketones is 1. The van der Waals surface area contributed by atoms with E-state index in [0.29, 0.717) is 18.4 Å². The first-order valence-corrected chi connectivity index (χ1v) is 6.28. The van der Waals surface area contributed by atoms with Crippen molar-refractivity contribution in [2.75, 3.05) is 0 Å². The molecule has 0 N–H and O–H groups in total. The lowest BCUT2D eigenvalue weighted by Crippen LogP contribution is -2.13. The molecule has 1 aromatic heterocycles. The van der Waals surface area contributed by atoms with E-state index in [9.17, 15) is 13.6 Å². The summed E-state index contributed by atoms with van der Waals surface area (Å²) in [5.74, 6) is -0.888. The third-order valence-corrected chi connectivity index (χ3v) is 3.55. The van der Waals surface area contributed by atoms with Gasteiger partial charge in [-0.05, 0) is 38.0 Å². The number of halogens is 2. The van der Waals surface area contributed by atoms with Gasteiger partial charge in [0.2, 0.25) is 0 Å². The number of nitrogens with zero attached hydrogens (tertiary/aromatic N) is 1. The minimum Gasteiger partial charge on any atom is -0.315 e.